The first-order chi connectivity index (χ1) is 5.77. The minimum absolute atomic E-state index is 0.176. The van der Waals surface area contributed by atoms with Crippen molar-refractivity contribution >= 4 is 5.91 Å². The Morgan fingerprint density at radius 1 is 1.50 bits per heavy atom. The van der Waals surface area contributed by atoms with E-state index in [4.69, 9.17) is 4.74 Å². The molecule has 0 spiro atoms. The molecule has 2 aliphatic rings. The second-order valence-corrected chi connectivity index (χ2v) is 3.91. The number of ether oxygens (including phenoxy) is 1. The molecule has 0 radical (unpaired) electrons. The van der Waals surface area contributed by atoms with Crippen LogP contribution in [0.25, 0.3) is 0 Å². The van der Waals surface area contributed by atoms with E-state index in [1.807, 2.05) is 4.90 Å². The van der Waals surface area contributed by atoms with Crippen LogP contribution in [0.4, 0.5) is 0 Å². The van der Waals surface area contributed by atoms with E-state index < -0.39 is 0 Å². The first kappa shape index (κ1) is 8.05. The third-order valence-electron chi connectivity index (χ3n) is 2.72. The molecule has 0 N–H and O–H groups in total. The van der Waals surface area contributed by atoms with Crippen molar-refractivity contribution in [2.24, 2.45) is 11.8 Å². The van der Waals surface area contributed by atoms with Gasteiger partial charge in [0.05, 0.1) is 19.1 Å². The minimum Gasteiger partial charge on any atom is -0.380 e. The standard InChI is InChI=1S/C9H15NO2/c1-7-2-3-10(4-7)9(11)8-5-12-6-8/h7-8H,2-6H2,1H3. The molecular weight excluding hydrogens is 154 g/mol. The van der Waals surface area contributed by atoms with Gasteiger partial charge < -0.3 is 9.64 Å². The molecule has 2 heterocycles. The predicted molar refractivity (Wildman–Crippen MR) is 44.7 cm³/mol. The fraction of sp³-hybridized carbons (Fsp3) is 0.889. The maximum Gasteiger partial charge on any atom is 0.230 e. The van der Waals surface area contributed by atoms with Crippen LogP contribution in [0.1, 0.15) is 13.3 Å². The molecule has 2 aliphatic heterocycles. The lowest BCUT2D eigenvalue weighted by Gasteiger charge is -2.29. The summed E-state index contributed by atoms with van der Waals surface area (Å²) in [5, 5.41) is 0. The van der Waals surface area contributed by atoms with E-state index in [9.17, 15) is 4.79 Å². The molecule has 0 saturated carbocycles. The molecule has 1 unspecified atom stereocenters. The summed E-state index contributed by atoms with van der Waals surface area (Å²) in [6.07, 6.45) is 1.17. The molecule has 0 aromatic carbocycles. The molecule has 12 heavy (non-hydrogen) atoms. The maximum absolute atomic E-state index is 11.6. The van der Waals surface area contributed by atoms with Gasteiger partial charge in [-0.3, -0.25) is 4.79 Å². The van der Waals surface area contributed by atoms with E-state index >= 15 is 0 Å². The molecule has 2 rings (SSSR count). The first-order valence-corrected chi connectivity index (χ1v) is 4.64. The first-order valence-electron chi connectivity index (χ1n) is 4.64. The van der Waals surface area contributed by atoms with Crippen molar-refractivity contribution in [1.82, 2.24) is 4.90 Å². The van der Waals surface area contributed by atoms with Gasteiger partial charge in [-0.2, -0.15) is 0 Å². The minimum atomic E-state index is 0.176. The number of hydrogen-bond donors (Lipinski definition) is 0. The molecule has 0 aromatic heterocycles. The fourth-order valence-electron chi connectivity index (χ4n) is 1.77. The number of carbonyl (C=O) groups is 1. The summed E-state index contributed by atoms with van der Waals surface area (Å²) in [6, 6.07) is 0. The van der Waals surface area contributed by atoms with Crippen LogP contribution in [-0.4, -0.2) is 37.1 Å². The molecule has 1 amide bonds. The van der Waals surface area contributed by atoms with Crippen LogP contribution < -0.4 is 0 Å². The third-order valence-corrected chi connectivity index (χ3v) is 2.72. The number of amides is 1. The van der Waals surface area contributed by atoms with E-state index in [0.29, 0.717) is 25.0 Å². The third kappa shape index (κ3) is 1.33. The Balaban J connectivity index is 1.87. The van der Waals surface area contributed by atoms with Crippen LogP contribution in [0.2, 0.25) is 0 Å². The maximum atomic E-state index is 11.6. The van der Waals surface area contributed by atoms with Gasteiger partial charge in [-0.1, -0.05) is 6.92 Å². The zero-order chi connectivity index (χ0) is 8.55. The van der Waals surface area contributed by atoms with Crippen LogP contribution in [-0.2, 0) is 9.53 Å². The van der Waals surface area contributed by atoms with Gasteiger partial charge in [-0.05, 0) is 12.3 Å². The van der Waals surface area contributed by atoms with Crippen molar-refractivity contribution in [2.45, 2.75) is 13.3 Å². The summed E-state index contributed by atoms with van der Waals surface area (Å²) < 4.78 is 4.99. The van der Waals surface area contributed by atoms with Gasteiger partial charge in [0, 0.05) is 13.1 Å². The van der Waals surface area contributed by atoms with Gasteiger partial charge >= 0.3 is 0 Å². The number of rotatable bonds is 1. The van der Waals surface area contributed by atoms with Crippen LogP contribution in [0, 0.1) is 11.8 Å². The van der Waals surface area contributed by atoms with Crippen molar-refractivity contribution in [2.75, 3.05) is 26.3 Å². The predicted octanol–water partition coefficient (Wildman–Crippen LogP) is 0.501. The molecule has 0 aliphatic carbocycles. The average Bonchev–Trinajstić information content (AvgIpc) is 2.31. The molecule has 3 nitrogen and oxygen atoms in total. The highest BCUT2D eigenvalue weighted by Crippen LogP contribution is 2.20. The largest absolute Gasteiger partial charge is 0.380 e. The lowest BCUT2D eigenvalue weighted by molar-refractivity contribution is -0.148. The van der Waals surface area contributed by atoms with Gasteiger partial charge in [0.25, 0.3) is 0 Å². The zero-order valence-corrected chi connectivity index (χ0v) is 7.45. The summed E-state index contributed by atoms with van der Waals surface area (Å²) in [7, 11) is 0. The van der Waals surface area contributed by atoms with Crippen molar-refractivity contribution in [3.8, 4) is 0 Å². The average molecular weight is 169 g/mol. The molecule has 1 atom stereocenters. The molecular formula is C9H15NO2. The van der Waals surface area contributed by atoms with Gasteiger partial charge in [0.2, 0.25) is 5.91 Å². The highest BCUT2D eigenvalue weighted by molar-refractivity contribution is 5.80. The Labute approximate surface area is 72.7 Å². The highest BCUT2D eigenvalue weighted by Gasteiger charge is 2.33. The van der Waals surface area contributed by atoms with Crippen molar-refractivity contribution in [3.63, 3.8) is 0 Å². The monoisotopic (exact) mass is 169 g/mol. The topological polar surface area (TPSA) is 29.5 Å². The molecule has 0 aromatic rings. The van der Waals surface area contributed by atoms with Gasteiger partial charge in [-0.15, -0.1) is 0 Å². The summed E-state index contributed by atoms with van der Waals surface area (Å²) >= 11 is 0. The van der Waals surface area contributed by atoms with Gasteiger partial charge in [0.1, 0.15) is 0 Å². The number of carbonyl (C=O) groups excluding carboxylic acids is 1. The normalized spacial score (nSPS) is 30.4. The van der Waals surface area contributed by atoms with E-state index in [2.05, 4.69) is 6.92 Å². The summed E-state index contributed by atoms with van der Waals surface area (Å²) in [6.45, 7) is 5.39. The Morgan fingerprint density at radius 3 is 2.67 bits per heavy atom. The van der Waals surface area contributed by atoms with Crippen LogP contribution in [0.3, 0.4) is 0 Å². The quantitative estimate of drug-likeness (QED) is 0.572. The van der Waals surface area contributed by atoms with E-state index in [0.717, 1.165) is 13.1 Å². The Morgan fingerprint density at radius 2 is 2.25 bits per heavy atom. The van der Waals surface area contributed by atoms with Gasteiger partial charge in [-0.25, -0.2) is 0 Å². The Hall–Kier alpha value is -0.570. The van der Waals surface area contributed by atoms with E-state index in [-0.39, 0.29) is 5.92 Å². The fourth-order valence-corrected chi connectivity index (χ4v) is 1.77. The smallest absolute Gasteiger partial charge is 0.230 e. The Kier molecular flexibility index (Phi) is 2.05. The lowest BCUT2D eigenvalue weighted by atomic mass is 10.1. The van der Waals surface area contributed by atoms with Crippen molar-refractivity contribution in [1.29, 1.82) is 0 Å². The summed E-state index contributed by atoms with van der Waals surface area (Å²) in [5.41, 5.74) is 0. The van der Waals surface area contributed by atoms with Crippen molar-refractivity contribution in [3.05, 3.63) is 0 Å². The number of hydrogen-bond acceptors (Lipinski definition) is 2. The molecule has 3 heteroatoms. The highest BCUT2D eigenvalue weighted by atomic mass is 16.5. The summed E-state index contributed by atoms with van der Waals surface area (Å²) in [5.74, 6) is 1.18. The molecule has 2 saturated heterocycles. The zero-order valence-electron chi connectivity index (χ0n) is 7.45. The molecule has 68 valence electrons. The second kappa shape index (κ2) is 3.05. The Bertz CT molecular complexity index is 189. The SMILES string of the molecule is CC1CCN(C(=O)C2COC2)C1. The van der Waals surface area contributed by atoms with Crippen LogP contribution in [0.5, 0.6) is 0 Å². The van der Waals surface area contributed by atoms with Crippen LogP contribution >= 0.6 is 0 Å². The van der Waals surface area contributed by atoms with Gasteiger partial charge in [0.15, 0.2) is 0 Å². The van der Waals surface area contributed by atoms with E-state index in [1.165, 1.54) is 6.42 Å². The van der Waals surface area contributed by atoms with E-state index in [1.54, 1.807) is 0 Å². The molecule has 2 fully saturated rings. The van der Waals surface area contributed by atoms with Crippen LogP contribution in [0.15, 0.2) is 0 Å². The number of likely N-dealkylation sites (tertiary alicyclic amines) is 1. The summed E-state index contributed by atoms with van der Waals surface area (Å²) in [4.78, 5) is 13.6. The number of nitrogens with zero attached hydrogens (tertiary/aromatic N) is 1. The van der Waals surface area contributed by atoms with Crippen molar-refractivity contribution < 1.29 is 9.53 Å². The lowest BCUT2D eigenvalue weighted by Crippen LogP contribution is -2.43. The molecule has 0 bridgehead atoms. The second-order valence-electron chi connectivity index (χ2n) is 3.91.